The lowest BCUT2D eigenvalue weighted by Crippen LogP contribution is -2.50. The number of fused-ring (bicyclic) bond motifs is 1. The zero-order valence-corrected chi connectivity index (χ0v) is 35.4. The molecule has 0 saturated carbocycles. The lowest BCUT2D eigenvalue weighted by atomic mass is 10.0. The van der Waals surface area contributed by atoms with Gasteiger partial charge >= 0.3 is 6.18 Å². The van der Waals surface area contributed by atoms with Crippen LogP contribution in [0.5, 0.6) is 0 Å². The second-order valence-corrected chi connectivity index (χ2v) is 17.0. The van der Waals surface area contributed by atoms with Crippen molar-refractivity contribution in [3.63, 3.8) is 0 Å². The number of nitrogens with one attached hydrogen (secondary N) is 3. The van der Waals surface area contributed by atoms with Crippen molar-refractivity contribution in [1.82, 2.24) is 20.0 Å². The van der Waals surface area contributed by atoms with E-state index in [9.17, 15) is 45.2 Å². The third-order valence-electron chi connectivity index (χ3n) is 10.7. The molecule has 336 valence electrons. The maximum Gasteiger partial charge on any atom is 0.417 e. The monoisotopic (exact) mass is 905 g/mol. The van der Waals surface area contributed by atoms with Gasteiger partial charge in [0.15, 0.2) is 15.4 Å². The summed E-state index contributed by atoms with van der Waals surface area (Å²) in [5.74, 6) is -3.20. The van der Waals surface area contributed by atoms with Crippen LogP contribution in [0.15, 0.2) is 94.6 Å². The number of nitriles is 1. The maximum absolute atomic E-state index is 14.9. The van der Waals surface area contributed by atoms with Crippen LogP contribution in [0.3, 0.4) is 0 Å². The van der Waals surface area contributed by atoms with Crippen LogP contribution in [0, 0.1) is 17.1 Å². The fraction of sp³-hybridized carbons (Fsp3) is 0.318. The van der Waals surface area contributed by atoms with Crippen LogP contribution in [0.25, 0.3) is 10.8 Å². The van der Waals surface area contributed by atoms with Gasteiger partial charge in [0, 0.05) is 63.0 Å². The highest BCUT2D eigenvalue weighted by atomic mass is 32.2. The van der Waals surface area contributed by atoms with E-state index in [1.54, 1.807) is 35.2 Å². The zero-order valence-electron chi connectivity index (χ0n) is 34.6. The number of aromatic nitrogens is 2. The third kappa shape index (κ3) is 11.1. The van der Waals surface area contributed by atoms with E-state index in [2.05, 4.69) is 20.8 Å². The highest BCUT2D eigenvalue weighted by Crippen LogP contribution is 2.34. The molecule has 3 amide bonds. The van der Waals surface area contributed by atoms with Crippen molar-refractivity contribution < 1.29 is 49.8 Å². The van der Waals surface area contributed by atoms with Gasteiger partial charge in [0.25, 0.3) is 17.4 Å². The molecule has 0 aliphatic carbocycles. The summed E-state index contributed by atoms with van der Waals surface area (Å²) in [6, 6.07) is 20.9. The Kier molecular flexibility index (Phi) is 14.5. The minimum atomic E-state index is -4.87. The highest BCUT2D eigenvalue weighted by molar-refractivity contribution is 7.91. The lowest BCUT2D eigenvalue weighted by Gasteiger charge is -2.35. The Balaban J connectivity index is 0.915. The summed E-state index contributed by atoms with van der Waals surface area (Å²) >= 11 is 0. The normalized spacial score (nSPS) is 14.1. The largest absolute Gasteiger partial charge is 0.417 e. The molecular weight excluding hydrogens is 863 g/mol. The molecule has 0 radical (unpaired) electrons. The Labute approximate surface area is 364 Å². The SMILES string of the molecule is CO[C@@](C)(CS(=O)(=O)c1ccc(NCCOCCC(=O)N2CCN(C(=O)c3cc(Cc4n[nH]c(=O)c5ccccc45)ccc3F)CC2)cc1)C(=O)Nc1ccc(C#N)c(C(F)(F)F)c1. The fourth-order valence-corrected chi connectivity index (χ4v) is 8.71. The van der Waals surface area contributed by atoms with Gasteiger partial charge in [0.1, 0.15) is 5.82 Å². The van der Waals surface area contributed by atoms with Crippen molar-refractivity contribution in [3.8, 4) is 6.07 Å². The molecule has 1 fully saturated rings. The smallest absolute Gasteiger partial charge is 0.383 e. The summed E-state index contributed by atoms with van der Waals surface area (Å²) in [6.07, 6.45) is -4.52. The number of ether oxygens (including phenoxy) is 2. The first-order valence-electron chi connectivity index (χ1n) is 19.9. The number of methoxy groups -OCH3 is 1. The average Bonchev–Trinajstić information content (AvgIpc) is 3.28. The molecule has 0 unspecified atom stereocenters. The van der Waals surface area contributed by atoms with Crippen molar-refractivity contribution in [2.45, 2.75) is 36.4 Å². The molecule has 5 aromatic rings. The first-order chi connectivity index (χ1) is 30.4. The van der Waals surface area contributed by atoms with Crippen LogP contribution in [-0.2, 0) is 41.5 Å². The molecule has 1 aromatic heterocycles. The highest BCUT2D eigenvalue weighted by Gasteiger charge is 2.40. The number of nitrogens with zero attached hydrogens (tertiary/aromatic N) is 4. The number of sulfone groups is 1. The molecule has 15 nitrogen and oxygen atoms in total. The molecular formula is C44H43F4N7O8S. The number of alkyl halides is 3. The number of hydrogen-bond acceptors (Lipinski definition) is 11. The fourth-order valence-electron chi connectivity index (χ4n) is 7.02. The number of amides is 3. The Bertz CT molecular complexity index is 2750. The molecule has 64 heavy (non-hydrogen) atoms. The van der Waals surface area contributed by atoms with Crippen molar-refractivity contribution >= 4 is 49.7 Å². The van der Waals surface area contributed by atoms with E-state index in [4.69, 9.17) is 14.7 Å². The van der Waals surface area contributed by atoms with Crippen LogP contribution < -0.4 is 16.2 Å². The van der Waals surface area contributed by atoms with Crippen molar-refractivity contribution in [1.29, 1.82) is 5.26 Å². The number of carbonyl (C=O) groups is 3. The van der Waals surface area contributed by atoms with Crippen molar-refractivity contribution in [3.05, 3.63) is 129 Å². The lowest BCUT2D eigenvalue weighted by molar-refractivity contribution is -0.138. The second kappa shape index (κ2) is 19.8. The molecule has 0 spiro atoms. The van der Waals surface area contributed by atoms with Crippen molar-refractivity contribution in [2.24, 2.45) is 0 Å². The van der Waals surface area contributed by atoms with E-state index in [1.807, 2.05) is 0 Å². The summed E-state index contributed by atoms with van der Waals surface area (Å²) in [5, 5.41) is 22.1. The summed E-state index contributed by atoms with van der Waals surface area (Å²) in [5.41, 5.74) is -2.88. The van der Waals surface area contributed by atoms with E-state index in [0.717, 1.165) is 19.2 Å². The summed E-state index contributed by atoms with van der Waals surface area (Å²) in [6.45, 7) is 2.76. The van der Waals surface area contributed by atoms with E-state index < -0.39 is 56.1 Å². The molecule has 1 saturated heterocycles. The molecule has 6 rings (SSSR count). The van der Waals surface area contributed by atoms with Gasteiger partial charge < -0.3 is 29.9 Å². The first kappa shape index (κ1) is 46.8. The number of benzene rings is 4. The summed E-state index contributed by atoms with van der Waals surface area (Å²) in [7, 11) is -3.06. The van der Waals surface area contributed by atoms with Crippen molar-refractivity contribution in [2.75, 3.05) is 69.4 Å². The van der Waals surface area contributed by atoms with Gasteiger partial charge in [-0.05, 0) is 73.2 Å². The third-order valence-corrected chi connectivity index (χ3v) is 12.6. The minimum absolute atomic E-state index is 0.0884. The van der Waals surface area contributed by atoms with E-state index >= 15 is 0 Å². The number of carbonyl (C=O) groups excluding carboxylic acids is 3. The van der Waals surface area contributed by atoms with E-state index in [-0.39, 0.29) is 79.8 Å². The quantitative estimate of drug-likeness (QED) is 0.0872. The molecule has 1 aliphatic heterocycles. The van der Waals surface area contributed by atoms with Crippen LogP contribution in [0.2, 0.25) is 0 Å². The summed E-state index contributed by atoms with van der Waals surface area (Å²) in [4.78, 5) is 54.6. The van der Waals surface area contributed by atoms with Crippen LogP contribution in [0.1, 0.15) is 46.1 Å². The van der Waals surface area contributed by atoms with Crippen LogP contribution >= 0.6 is 0 Å². The molecule has 20 heteroatoms. The van der Waals surface area contributed by atoms with Crippen LogP contribution in [0.4, 0.5) is 28.9 Å². The number of halogens is 4. The molecule has 2 heterocycles. The zero-order chi connectivity index (χ0) is 46.2. The topological polar surface area (TPSA) is 204 Å². The Morgan fingerprint density at radius 2 is 1.58 bits per heavy atom. The molecule has 3 N–H and O–H groups in total. The molecule has 1 atom stereocenters. The maximum atomic E-state index is 14.9. The van der Waals surface area contributed by atoms with Crippen LogP contribution in [-0.4, -0.2) is 111 Å². The Morgan fingerprint density at radius 3 is 2.25 bits per heavy atom. The predicted octanol–water partition coefficient (Wildman–Crippen LogP) is 5.16. The van der Waals surface area contributed by atoms with Gasteiger partial charge in [-0.1, -0.05) is 24.3 Å². The number of hydrogen-bond donors (Lipinski definition) is 3. The number of rotatable bonds is 16. The average molecular weight is 906 g/mol. The van der Waals surface area contributed by atoms with E-state index in [1.165, 1.54) is 54.3 Å². The first-order valence-corrected chi connectivity index (χ1v) is 21.5. The number of aromatic amines is 1. The number of anilines is 2. The van der Waals surface area contributed by atoms with Gasteiger partial charge in [-0.15, -0.1) is 0 Å². The molecule has 4 aromatic carbocycles. The second-order valence-electron chi connectivity index (χ2n) is 15.0. The standard InChI is InChI=1S/C44H43F4N7O8S/c1-43(62-2,42(59)51-31-9-8-29(26-49)36(25-31)44(46,47)48)27-64(60,61)32-12-10-30(11-13-32)50-16-22-63-21-15-39(56)54-17-19-55(20-18-54)41(58)35-23-28(7-14-37(35)45)24-38-33-5-3-4-6-34(33)40(57)53-52-38/h3-14,23,25,50H,15-22,24,27H2,1-2H3,(H,51,59)(H,53,57)/t43-/m0/s1. The summed E-state index contributed by atoms with van der Waals surface area (Å²) < 4.78 is 92.7. The predicted molar refractivity (Wildman–Crippen MR) is 227 cm³/mol. The number of H-pyrrole nitrogens is 1. The van der Waals surface area contributed by atoms with Gasteiger partial charge in [-0.3, -0.25) is 19.2 Å². The number of piperazine rings is 1. The minimum Gasteiger partial charge on any atom is -0.383 e. The van der Waals surface area contributed by atoms with Gasteiger partial charge in [-0.25, -0.2) is 17.9 Å². The van der Waals surface area contributed by atoms with Gasteiger partial charge in [0.2, 0.25) is 5.91 Å². The molecule has 1 aliphatic rings. The molecule has 0 bridgehead atoms. The van der Waals surface area contributed by atoms with Gasteiger partial charge in [-0.2, -0.15) is 23.5 Å². The Morgan fingerprint density at radius 1 is 0.906 bits per heavy atom. The Hall–Kier alpha value is -6.69. The van der Waals surface area contributed by atoms with E-state index in [0.29, 0.717) is 40.3 Å². The van der Waals surface area contributed by atoms with Gasteiger partial charge in [0.05, 0.1) is 64.1 Å².